The number of hydrogen-bond donors (Lipinski definition) is 3. The summed E-state index contributed by atoms with van der Waals surface area (Å²) in [6, 6.07) is 18.1. The number of nitrogens with one attached hydrogen (secondary N) is 1. The molecular formula is C30H31N3O4. The minimum absolute atomic E-state index is 0.0566. The number of rotatable bonds is 11. The maximum absolute atomic E-state index is 13.1. The monoisotopic (exact) mass is 497 g/mol. The summed E-state index contributed by atoms with van der Waals surface area (Å²) in [6.07, 6.45) is 2.44. The molecule has 190 valence electrons. The summed E-state index contributed by atoms with van der Waals surface area (Å²) in [7, 11) is 1.73. The fourth-order valence-corrected chi connectivity index (χ4v) is 4.35. The minimum atomic E-state index is -0.215. The van der Waals surface area contributed by atoms with Crippen LogP contribution in [0, 0.1) is 0 Å². The Morgan fingerprint density at radius 2 is 1.57 bits per heavy atom. The van der Waals surface area contributed by atoms with Crippen LogP contribution in [-0.2, 0) is 19.6 Å². The fraction of sp³-hybridized carbons (Fsp3) is 0.267. The summed E-state index contributed by atoms with van der Waals surface area (Å²) >= 11 is 0. The molecule has 0 aliphatic carbocycles. The predicted octanol–water partition coefficient (Wildman–Crippen LogP) is 5.12. The van der Waals surface area contributed by atoms with Gasteiger partial charge in [-0.1, -0.05) is 49.7 Å². The third-order valence-electron chi connectivity index (χ3n) is 6.41. The SMILES string of the molecule is CCCCC(=O)c1cccc(C(=O)Cc2cccc(-c3nc(NC)nc4cc(CO)c(CO)cc34)c2)c1. The van der Waals surface area contributed by atoms with Crippen LogP contribution in [0.5, 0.6) is 0 Å². The molecule has 0 aliphatic heterocycles. The quantitative estimate of drug-likeness (QED) is 0.247. The highest BCUT2D eigenvalue weighted by Gasteiger charge is 2.15. The Kier molecular flexibility index (Phi) is 8.38. The molecule has 1 aromatic heterocycles. The third-order valence-corrected chi connectivity index (χ3v) is 6.41. The lowest BCUT2D eigenvalue weighted by atomic mass is 9.96. The molecule has 3 N–H and O–H groups in total. The molecule has 0 saturated heterocycles. The Morgan fingerprint density at radius 3 is 2.27 bits per heavy atom. The summed E-state index contributed by atoms with van der Waals surface area (Å²) < 4.78 is 0. The van der Waals surface area contributed by atoms with Crippen LogP contribution in [0.25, 0.3) is 22.2 Å². The molecule has 0 atom stereocenters. The Hall–Kier alpha value is -3.94. The topological polar surface area (TPSA) is 112 Å². The van der Waals surface area contributed by atoms with Gasteiger partial charge >= 0.3 is 0 Å². The minimum Gasteiger partial charge on any atom is -0.392 e. The molecule has 0 radical (unpaired) electrons. The summed E-state index contributed by atoms with van der Waals surface area (Å²) in [5, 5.41) is 23.2. The van der Waals surface area contributed by atoms with Crippen molar-refractivity contribution in [3.8, 4) is 11.3 Å². The number of ketones is 2. The number of anilines is 1. The molecule has 0 aliphatic rings. The van der Waals surface area contributed by atoms with Crippen molar-refractivity contribution in [2.75, 3.05) is 12.4 Å². The highest BCUT2D eigenvalue weighted by molar-refractivity contribution is 6.02. The van der Waals surface area contributed by atoms with Crippen molar-refractivity contribution in [2.24, 2.45) is 0 Å². The van der Waals surface area contributed by atoms with E-state index in [9.17, 15) is 19.8 Å². The lowest BCUT2D eigenvalue weighted by Gasteiger charge is -2.13. The molecule has 0 spiro atoms. The van der Waals surface area contributed by atoms with Crippen LogP contribution in [0.2, 0.25) is 0 Å². The van der Waals surface area contributed by atoms with E-state index in [1.807, 2.05) is 31.2 Å². The van der Waals surface area contributed by atoms with Crippen molar-refractivity contribution >= 4 is 28.4 Å². The zero-order chi connectivity index (χ0) is 26.4. The number of nitrogens with zero attached hydrogens (tertiary/aromatic N) is 2. The van der Waals surface area contributed by atoms with Gasteiger partial charge < -0.3 is 15.5 Å². The van der Waals surface area contributed by atoms with E-state index in [0.29, 0.717) is 45.8 Å². The largest absolute Gasteiger partial charge is 0.392 e. The third kappa shape index (κ3) is 5.90. The second-order valence-electron chi connectivity index (χ2n) is 9.01. The maximum Gasteiger partial charge on any atom is 0.223 e. The molecule has 0 fully saturated rings. The molecule has 4 rings (SSSR count). The standard InChI is InChI=1S/C30H31N3O4/c1-3-4-11-27(36)20-8-6-9-21(14-20)28(37)13-19-7-5-10-22(12-19)29-25-15-23(17-34)24(18-35)16-26(25)32-30(31-2)33-29/h5-10,12,14-16,34-35H,3-4,11,13,17-18H2,1-2H3,(H,31,32,33). The Bertz CT molecular complexity index is 1450. The first-order valence-corrected chi connectivity index (χ1v) is 12.5. The average molecular weight is 498 g/mol. The van der Waals surface area contributed by atoms with Crippen molar-refractivity contribution in [3.63, 3.8) is 0 Å². The molecule has 3 aromatic carbocycles. The number of benzene rings is 3. The van der Waals surface area contributed by atoms with Crippen LogP contribution in [0.15, 0.2) is 60.7 Å². The Morgan fingerprint density at radius 1 is 0.865 bits per heavy atom. The first-order valence-electron chi connectivity index (χ1n) is 12.5. The smallest absolute Gasteiger partial charge is 0.223 e. The van der Waals surface area contributed by atoms with Crippen molar-refractivity contribution < 1.29 is 19.8 Å². The van der Waals surface area contributed by atoms with Gasteiger partial charge in [0.2, 0.25) is 5.95 Å². The van der Waals surface area contributed by atoms with E-state index in [1.165, 1.54) is 0 Å². The molecule has 7 nitrogen and oxygen atoms in total. The van der Waals surface area contributed by atoms with E-state index in [-0.39, 0.29) is 31.2 Å². The number of Topliss-reactive ketones (excluding diaryl/α,β-unsaturated/α-hetero) is 2. The number of hydrogen-bond acceptors (Lipinski definition) is 7. The number of aliphatic hydroxyl groups excluding tert-OH is 2. The molecule has 0 amide bonds. The number of carbonyl (C=O) groups excluding carboxylic acids is 2. The lowest BCUT2D eigenvalue weighted by Crippen LogP contribution is -2.06. The Balaban J connectivity index is 1.67. The van der Waals surface area contributed by atoms with Gasteiger partial charge in [-0.3, -0.25) is 9.59 Å². The summed E-state index contributed by atoms with van der Waals surface area (Å²) in [5.74, 6) is 0.413. The second kappa shape index (κ2) is 11.9. The Labute approximate surface area is 216 Å². The number of carbonyl (C=O) groups is 2. The van der Waals surface area contributed by atoms with Gasteiger partial charge in [0.05, 0.1) is 24.4 Å². The van der Waals surface area contributed by atoms with Gasteiger partial charge in [0.1, 0.15) is 0 Å². The number of unbranched alkanes of at least 4 members (excludes halogenated alkanes) is 1. The first kappa shape index (κ1) is 26.1. The number of aromatic nitrogens is 2. The van der Waals surface area contributed by atoms with Crippen LogP contribution >= 0.6 is 0 Å². The van der Waals surface area contributed by atoms with Gasteiger partial charge in [-0.05, 0) is 47.4 Å². The fourth-order valence-electron chi connectivity index (χ4n) is 4.35. The van der Waals surface area contributed by atoms with Crippen LogP contribution in [0.3, 0.4) is 0 Å². The van der Waals surface area contributed by atoms with Gasteiger partial charge in [-0.25, -0.2) is 9.97 Å². The van der Waals surface area contributed by atoms with Crippen LogP contribution < -0.4 is 5.32 Å². The van der Waals surface area contributed by atoms with E-state index in [4.69, 9.17) is 0 Å². The molecule has 1 heterocycles. The second-order valence-corrected chi connectivity index (χ2v) is 9.01. The molecule has 0 unspecified atom stereocenters. The van der Waals surface area contributed by atoms with E-state index in [1.54, 1.807) is 43.4 Å². The van der Waals surface area contributed by atoms with Crippen LogP contribution in [0.4, 0.5) is 5.95 Å². The molecule has 4 aromatic rings. The highest BCUT2D eigenvalue weighted by Crippen LogP contribution is 2.30. The molecule has 0 bridgehead atoms. The van der Waals surface area contributed by atoms with Crippen molar-refractivity contribution in [2.45, 2.75) is 45.8 Å². The highest BCUT2D eigenvalue weighted by atomic mass is 16.3. The zero-order valence-electron chi connectivity index (χ0n) is 21.1. The van der Waals surface area contributed by atoms with E-state index in [0.717, 1.165) is 29.4 Å². The van der Waals surface area contributed by atoms with Gasteiger partial charge in [0, 0.05) is 42.0 Å². The van der Waals surface area contributed by atoms with Gasteiger partial charge in [-0.15, -0.1) is 0 Å². The molecule has 0 saturated carbocycles. The number of aliphatic hydroxyl groups is 2. The van der Waals surface area contributed by atoms with Gasteiger partial charge in [-0.2, -0.15) is 0 Å². The van der Waals surface area contributed by atoms with Crippen molar-refractivity contribution in [3.05, 3.63) is 88.5 Å². The van der Waals surface area contributed by atoms with E-state index < -0.39 is 0 Å². The van der Waals surface area contributed by atoms with Crippen LogP contribution in [-0.4, -0.2) is 38.8 Å². The van der Waals surface area contributed by atoms with Crippen molar-refractivity contribution in [1.29, 1.82) is 0 Å². The predicted molar refractivity (Wildman–Crippen MR) is 145 cm³/mol. The molecule has 37 heavy (non-hydrogen) atoms. The zero-order valence-corrected chi connectivity index (χ0v) is 21.1. The van der Waals surface area contributed by atoms with Crippen molar-refractivity contribution in [1.82, 2.24) is 9.97 Å². The van der Waals surface area contributed by atoms with Crippen LogP contribution in [0.1, 0.15) is 63.6 Å². The summed E-state index contributed by atoms with van der Waals surface area (Å²) in [6.45, 7) is 1.62. The van der Waals surface area contributed by atoms with E-state index in [2.05, 4.69) is 15.3 Å². The average Bonchev–Trinajstić information content (AvgIpc) is 2.94. The maximum atomic E-state index is 13.1. The van der Waals surface area contributed by atoms with E-state index >= 15 is 0 Å². The lowest BCUT2D eigenvalue weighted by molar-refractivity contribution is 0.0979. The normalized spacial score (nSPS) is 11.0. The first-order chi connectivity index (χ1) is 18.0. The summed E-state index contributed by atoms with van der Waals surface area (Å²) in [4.78, 5) is 34.7. The number of fused-ring (bicyclic) bond motifs is 1. The summed E-state index contributed by atoms with van der Waals surface area (Å²) in [5.41, 5.74) is 5.22. The van der Waals surface area contributed by atoms with Gasteiger partial charge in [0.15, 0.2) is 11.6 Å². The molecule has 7 heteroatoms. The van der Waals surface area contributed by atoms with Gasteiger partial charge in [0.25, 0.3) is 0 Å². The molecular weight excluding hydrogens is 466 g/mol.